The van der Waals surface area contributed by atoms with Crippen LogP contribution in [0.15, 0.2) is 23.0 Å². The van der Waals surface area contributed by atoms with Gasteiger partial charge in [0.15, 0.2) is 0 Å². The van der Waals surface area contributed by atoms with Gasteiger partial charge in [-0.25, -0.2) is 0 Å². The van der Waals surface area contributed by atoms with Gasteiger partial charge in [-0.3, -0.25) is 4.79 Å². The van der Waals surface area contributed by atoms with Crippen molar-refractivity contribution < 1.29 is 9.21 Å². The van der Waals surface area contributed by atoms with E-state index in [2.05, 4.69) is 11.8 Å². The number of carbonyl (C=O) groups is 1. The molecule has 2 saturated heterocycles. The minimum absolute atomic E-state index is 0.124. The highest BCUT2D eigenvalue weighted by Gasteiger charge is 2.42. The topological polar surface area (TPSA) is 36.7 Å². The summed E-state index contributed by atoms with van der Waals surface area (Å²) in [5.41, 5.74) is 1.02. The summed E-state index contributed by atoms with van der Waals surface area (Å²) in [6.45, 7) is 7.52. The van der Waals surface area contributed by atoms with E-state index in [1.807, 2.05) is 4.90 Å². The first-order chi connectivity index (χ1) is 9.22. The van der Waals surface area contributed by atoms with E-state index < -0.39 is 0 Å². The van der Waals surface area contributed by atoms with Crippen LogP contribution in [0.3, 0.4) is 0 Å². The molecule has 1 aromatic heterocycles. The van der Waals surface area contributed by atoms with Crippen LogP contribution in [0.25, 0.3) is 0 Å². The van der Waals surface area contributed by atoms with Crippen LogP contribution < -0.4 is 0 Å². The number of furan rings is 1. The van der Waals surface area contributed by atoms with Crippen molar-refractivity contribution in [3.63, 3.8) is 0 Å². The predicted octanol–water partition coefficient (Wildman–Crippen LogP) is 2.23. The molecule has 104 valence electrons. The van der Waals surface area contributed by atoms with Crippen LogP contribution in [0.4, 0.5) is 0 Å². The summed E-state index contributed by atoms with van der Waals surface area (Å²) in [6, 6.07) is 1.76. The Morgan fingerprint density at radius 3 is 3.00 bits per heavy atom. The van der Waals surface area contributed by atoms with Crippen LogP contribution in [0.5, 0.6) is 0 Å². The highest BCUT2D eigenvalue weighted by molar-refractivity contribution is 5.94. The molecule has 1 spiro atoms. The maximum atomic E-state index is 12.3. The molecule has 0 aliphatic carbocycles. The lowest BCUT2D eigenvalue weighted by Crippen LogP contribution is -2.45. The summed E-state index contributed by atoms with van der Waals surface area (Å²) in [5.74, 6) is 0.124. The lowest BCUT2D eigenvalue weighted by molar-refractivity contribution is 0.0698. The van der Waals surface area contributed by atoms with Gasteiger partial charge in [-0.15, -0.1) is 0 Å². The van der Waals surface area contributed by atoms with Crippen LogP contribution in [-0.2, 0) is 0 Å². The standard InChI is InChI=1S/C15H22N2O2/c1-2-16-7-3-5-15(11-16)6-8-17(12-15)14(18)13-4-9-19-10-13/h4,9-10H,2-3,5-8,11-12H2,1H3. The number of hydrogen-bond donors (Lipinski definition) is 0. The number of nitrogens with zero attached hydrogens (tertiary/aromatic N) is 2. The van der Waals surface area contributed by atoms with Gasteiger partial charge in [0.25, 0.3) is 5.91 Å². The van der Waals surface area contributed by atoms with Crippen LogP contribution in [0.1, 0.15) is 36.5 Å². The molecule has 4 heteroatoms. The zero-order valence-corrected chi connectivity index (χ0v) is 11.6. The molecule has 0 bridgehead atoms. The van der Waals surface area contributed by atoms with Crippen LogP contribution in [0.2, 0.25) is 0 Å². The summed E-state index contributed by atoms with van der Waals surface area (Å²) >= 11 is 0. The maximum Gasteiger partial charge on any atom is 0.257 e. The molecule has 1 atom stereocenters. The van der Waals surface area contributed by atoms with Gasteiger partial charge in [-0.05, 0) is 38.4 Å². The maximum absolute atomic E-state index is 12.3. The minimum atomic E-state index is 0.124. The van der Waals surface area contributed by atoms with E-state index in [1.165, 1.54) is 19.4 Å². The second-order valence-electron chi connectivity index (χ2n) is 5.96. The molecule has 4 nitrogen and oxygen atoms in total. The lowest BCUT2D eigenvalue weighted by Gasteiger charge is -2.39. The Labute approximate surface area is 114 Å². The number of rotatable bonds is 2. The average Bonchev–Trinajstić information content (AvgIpc) is 3.08. The first-order valence-electron chi connectivity index (χ1n) is 7.26. The predicted molar refractivity (Wildman–Crippen MR) is 73.0 cm³/mol. The Kier molecular flexibility index (Phi) is 3.35. The molecule has 3 rings (SSSR count). The van der Waals surface area contributed by atoms with Crippen molar-refractivity contribution in [2.24, 2.45) is 5.41 Å². The van der Waals surface area contributed by atoms with Crippen molar-refractivity contribution >= 4 is 5.91 Å². The Morgan fingerprint density at radius 2 is 2.26 bits per heavy atom. The molecule has 2 aliphatic heterocycles. The molecule has 0 N–H and O–H groups in total. The second kappa shape index (κ2) is 5.00. The zero-order valence-electron chi connectivity index (χ0n) is 11.6. The number of likely N-dealkylation sites (tertiary alicyclic amines) is 2. The van der Waals surface area contributed by atoms with E-state index in [-0.39, 0.29) is 5.91 Å². The third-order valence-electron chi connectivity index (χ3n) is 4.68. The molecule has 1 unspecified atom stereocenters. The van der Waals surface area contributed by atoms with Crippen molar-refractivity contribution in [1.29, 1.82) is 0 Å². The molecule has 1 aromatic rings. The van der Waals surface area contributed by atoms with Crippen molar-refractivity contribution in [3.8, 4) is 0 Å². The zero-order chi connectivity index (χ0) is 13.3. The van der Waals surface area contributed by atoms with Crippen molar-refractivity contribution in [2.75, 3.05) is 32.7 Å². The number of amides is 1. The van der Waals surface area contributed by atoms with Gasteiger partial charge >= 0.3 is 0 Å². The molecular weight excluding hydrogens is 240 g/mol. The van der Waals surface area contributed by atoms with Crippen LogP contribution in [-0.4, -0.2) is 48.4 Å². The Hall–Kier alpha value is -1.29. The van der Waals surface area contributed by atoms with E-state index in [4.69, 9.17) is 4.42 Å². The molecule has 1 amide bonds. The highest BCUT2D eigenvalue weighted by Crippen LogP contribution is 2.39. The van der Waals surface area contributed by atoms with E-state index in [9.17, 15) is 4.79 Å². The van der Waals surface area contributed by atoms with Crippen molar-refractivity contribution in [3.05, 3.63) is 24.2 Å². The van der Waals surface area contributed by atoms with Gasteiger partial charge in [0.1, 0.15) is 6.26 Å². The van der Waals surface area contributed by atoms with Gasteiger partial charge in [0.2, 0.25) is 0 Å². The summed E-state index contributed by atoms with van der Waals surface area (Å²) < 4.78 is 5.01. The summed E-state index contributed by atoms with van der Waals surface area (Å²) in [4.78, 5) is 16.9. The molecule has 19 heavy (non-hydrogen) atoms. The summed E-state index contributed by atoms with van der Waals surface area (Å²) in [6.07, 6.45) is 6.79. The molecule has 0 saturated carbocycles. The van der Waals surface area contributed by atoms with Gasteiger partial charge in [0.05, 0.1) is 11.8 Å². The number of hydrogen-bond acceptors (Lipinski definition) is 3. The monoisotopic (exact) mass is 262 g/mol. The normalized spacial score (nSPS) is 28.2. The molecule has 2 fully saturated rings. The van der Waals surface area contributed by atoms with Crippen LogP contribution in [0, 0.1) is 5.41 Å². The third-order valence-corrected chi connectivity index (χ3v) is 4.68. The van der Waals surface area contributed by atoms with E-state index in [0.29, 0.717) is 11.0 Å². The third kappa shape index (κ3) is 2.41. The van der Waals surface area contributed by atoms with Crippen molar-refractivity contribution in [2.45, 2.75) is 26.2 Å². The SMILES string of the molecule is CCN1CCCC2(CCN(C(=O)c3ccoc3)C2)C1. The minimum Gasteiger partial charge on any atom is -0.472 e. The van der Waals surface area contributed by atoms with Gasteiger partial charge < -0.3 is 14.2 Å². The Morgan fingerprint density at radius 1 is 1.37 bits per heavy atom. The Bertz CT molecular complexity index is 443. The molecule has 2 aliphatic rings. The molecular formula is C15H22N2O2. The van der Waals surface area contributed by atoms with Crippen LogP contribution >= 0.6 is 0 Å². The van der Waals surface area contributed by atoms with Gasteiger partial charge in [0, 0.05) is 25.0 Å². The number of carbonyl (C=O) groups excluding carboxylic acids is 1. The van der Waals surface area contributed by atoms with Crippen molar-refractivity contribution in [1.82, 2.24) is 9.80 Å². The first-order valence-corrected chi connectivity index (χ1v) is 7.26. The molecule has 3 heterocycles. The largest absolute Gasteiger partial charge is 0.472 e. The summed E-state index contributed by atoms with van der Waals surface area (Å²) in [7, 11) is 0. The molecule has 0 aromatic carbocycles. The fourth-order valence-corrected chi connectivity index (χ4v) is 3.59. The summed E-state index contributed by atoms with van der Waals surface area (Å²) in [5, 5.41) is 0. The van der Waals surface area contributed by atoms with Gasteiger partial charge in [-0.1, -0.05) is 6.92 Å². The smallest absolute Gasteiger partial charge is 0.257 e. The van der Waals surface area contributed by atoms with E-state index in [0.717, 1.165) is 32.6 Å². The first kappa shape index (κ1) is 12.7. The van der Waals surface area contributed by atoms with E-state index in [1.54, 1.807) is 18.6 Å². The Balaban J connectivity index is 1.68. The molecule has 0 radical (unpaired) electrons. The highest BCUT2D eigenvalue weighted by atomic mass is 16.3. The van der Waals surface area contributed by atoms with Gasteiger partial charge in [-0.2, -0.15) is 0 Å². The lowest BCUT2D eigenvalue weighted by atomic mass is 9.79. The second-order valence-corrected chi connectivity index (χ2v) is 5.96. The van der Waals surface area contributed by atoms with E-state index >= 15 is 0 Å². The quantitative estimate of drug-likeness (QED) is 0.820. The average molecular weight is 262 g/mol. The number of piperidine rings is 1. The fourth-order valence-electron chi connectivity index (χ4n) is 3.59. The fraction of sp³-hybridized carbons (Fsp3) is 0.667.